The van der Waals surface area contributed by atoms with Crippen molar-refractivity contribution in [3.8, 4) is 0 Å². The van der Waals surface area contributed by atoms with Gasteiger partial charge in [0.15, 0.2) is 0 Å². The van der Waals surface area contributed by atoms with E-state index in [1.54, 1.807) is 0 Å². The summed E-state index contributed by atoms with van der Waals surface area (Å²) >= 11 is 0. The van der Waals surface area contributed by atoms with Gasteiger partial charge in [0.2, 0.25) is 5.91 Å². The van der Waals surface area contributed by atoms with Gasteiger partial charge in [0.1, 0.15) is 0 Å². The van der Waals surface area contributed by atoms with Crippen molar-refractivity contribution in [2.75, 3.05) is 18.9 Å². The summed E-state index contributed by atoms with van der Waals surface area (Å²) in [7, 11) is 1.94. The molecule has 24 heavy (non-hydrogen) atoms. The van der Waals surface area contributed by atoms with E-state index in [2.05, 4.69) is 17.3 Å². The van der Waals surface area contributed by atoms with E-state index in [0.29, 0.717) is 13.1 Å². The van der Waals surface area contributed by atoms with Crippen LogP contribution in [-0.2, 0) is 17.9 Å². The van der Waals surface area contributed by atoms with Crippen LogP contribution in [-0.4, -0.2) is 34.2 Å². The average molecular weight is 322 g/mol. The summed E-state index contributed by atoms with van der Waals surface area (Å²) in [5, 5.41) is 9.45. The molecular weight excluding hydrogens is 300 g/mol. The monoisotopic (exact) mass is 322 g/mol. The highest BCUT2D eigenvalue weighted by Gasteiger charge is 2.10. The van der Waals surface area contributed by atoms with Crippen LogP contribution < -0.4 is 5.32 Å². The topological polar surface area (TPSA) is 50.2 Å². The van der Waals surface area contributed by atoms with Gasteiger partial charge in [-0.3, -0.25) is 14.4 Å². The third kappa shape index (κ3) is 3.81. The molecule has 0 spiro atoms. The second-order valence-corrected chi connectivity index (χ2v) is 5.95. The fourth-order valence-corrected chi connectivity index (χ4v) is 2.80. The second kappa shape index (κ2) is 7.27. The van der Waals surface area contributed by atoms with Crippen LogP contribution in [0.5, 0.6) is 0 Å². The van der Waals surface area contributed by atoms with Crippen molar-refractivity contribution in [2.45, 2.75) is 20.0 Å². The number of nitrogens with zero attached hydrogens (tertiary/aromatic N) is 3. The van der Waals surface area contributed by atoms with Crippen LogP contribution in [0.15, 0.2) is 54.9 Å². The molecule has 0 saturated heterocycles. The number of likely N-dealkylation sites (N-methyl/N-ethyl adjacent to an activating group) is 1. The highest BCUT2D eigenvalue weighted by molar-refractivity contribution is 6.02. The second-order valence-electron chi connectivity index (χ2n) is 5.95. The Morgan fingerprint density at radius 2 is 2.00 bits per heavy atom. The van der Waals surface area contributed by atoms with Gasteiger partial charge in [0.05, 0.1) is 12.7 Å². The number of nitrogens with one attached hydrogen (secondary N) is 1. The molecule has 124 valence electrons. The van der Waals surface area contributed by atoms with Gasteiger partial charge in [-0.15, -0.1) is 0 Å². The third-order valence-electron chi connectivity index (χ3n) is 3.94. The minimum Gasteiger partial charge on any atom is -0.324 e. The van der Waals surface area contributed by atoms with Gasteiger partial charge in [-0.25, -0.2) is 0 Å². The van der Waals surface area contributed by atoms with E-state index >= 15 is 0 Å². The Morgan fingerprint density at radius 1 is 1.21 bits per heavy atom. The van der Waals surface area contributed by atoms with Crippen LogP contribution in [0.2, 0.25) is 0 Å². The first kappa shape index (κ1) is 16.2. The van der Waals surface area contributed by atoms with Crippen LogP contribution in [0.4, 0.5) is 5.69 Å². The zero-order valence-corrected chi connectivity index (χ0v) is 14.1. The van der Waals surface area contributed by atoms with Crippen LogP contribution >= 0.6 is 0 Å². The van der Waals surface area contributed by atoms with Gasteiger partial charge >= 0.3 is 0 Å². The maximum atomic E-state index is 12.3. The number of rotatable bonds is 6. The summed E-state index contributed by atoms with van der Waals surface area (Å²) in [6.45, 7) is 3.94. The SMILES string of the molecule is CCn1cc(CN(C)CC(=O)Nc2cccc3ccccc23)cn1. The van der Waals surface area contributed by atoms with Gasteiger partial charge in [0, 0.05) is 35.9 Å². The summed E-state index contributed by atoms with van der Waals surface area (Å²) < 4.78 is 1.89. The maximum absolute atomic E-state index is 12.3. The number of carbonyl (C=O) groups is 1. The van der Waals surface area contributed by atoms with Crippen molar-refractivity contribution in [3.05, 3.63) is 60.4 Å². The predicted octanol–water partition coefficient (Wildman–Crippen LogP) is 3.13. The first-order valence-corrected chi connectivity index (χ1v) is 8.13. The Hall–Kier alpha value is -2.66. The van der Waals surface area contributed by atoms with E-state index in [-0.39, 0.29) is 5.91 Å². The lowest BCUT2D eigenvalue weighted by molar-refractivity contribution is -0.117. The van der Waals surface area contributed by atoms with Crippen molar-refractivity contribution in [3.63, 3.8) is 0 Å². The van der Waals surface area contributed by atoms with E-state index in [0.717, 1.165) is 28.6 Å². The Morgan fingerprint density at radius 3 is 2.79 bits per heavy atom. The van der Waals surface area contributed by atoms with Crippen molar-refractivity contribution < 1.29 is 4.79 Å². The Balaban J connectivity index is 1.62. The standard InChI is InChI=1S/C19H22N4O/c1-3-23-13-15(11-20-23)12-22(2)14-19(24)21-18-10-6-8-16-7-4-5-9-17(16)18/h4-11,13H,3,12,14H2,1-2H3,(H,21,24). The summed E-state index contributed by atoms with van der Waals surface area (Å²) in [4.78, 5) is 14.3. The summed E-state index contributed by atoms with van der Waals surface area (Å²) in [5.74, 6) is -0.0169. The molecule has 0 atom stereocenters. The molecule has 0 saturated carbocycles. The maximum Gasteiger partial charge on any atom is 0.238 e. The lowest BCUT2D eigenvalue weighted by Crippen LogP contribution is -2.29. The molecule has 0 aliphatic rings. The summed E-state index contributed by atoms with van der Waals surface area (Å²) in [6.07, 6.45) is 3.86. The van der Waals surface area contributed by atoms with Gasteiger partial charge in [-0.1, -0.05) is 36.4 Å². The third-order valence-corrected chi connectivity index (χ3v) is 3.94. The number of benzene rings is 2. The Bertz CT molecular complexity index is 835. The highest BCUT2D eigenvalue weighted by Crippen LogP contribution is 2.22. The fourth-order valence-electron chi connectivity index (χ4n) is 2.80. The molecule has 5 nitrogen and oxygen atoms in total. The lowest BCUT2D eigenvalue weighted by Gasteiger charge is -2.16. The molecule has 0 aliphatic heterocycles. The normalized spacial score (nSPS) is 11.1. The van der Waals surface area contributed by atoms with E-state index in [1.165, 1.54) is 0 Å². The van der Waals surface area contributed by atoms with Crippen molar-refractivity contribution >= 4 is 22.4 Å². The molecule has 2 aromatic carbocycles. The zero-order chi connectivity index (χ0) is 16.9. The number of aromatic nitrogens is 2. The zero-order valence-electron chi connectivity index (χ0n) is 14.1. The first-order chi connectivity index (χ1) is 11.7. The minimum absolute atomic E-state index is 0.0169. The lowest BCUT2D eigenvalue weighted by atomic mass is 10.1. The molecular formula is C19H22N4O. The van der Waals surface area contributed by atoms with Crippen molar-refractivity contribution in [2.24, 2.45) is 0 Å². The minimum atomic E-state index is -0.0169. The van der Waals surface area contributed by atoms with Crippen LogP contribution in [0.3, 0.4) is 0 Å². The average Bonchev–Trinajstić information content (AvgIpc) is 3.02. The number of anilines is 1. The molecule has 3 aromatic rings. The fraction of sp³-hybridized carbons (Fsp3) is 0.263. The van der Waals surface area contributed by atoms with Gasteiger partial charge in [-0.05, 0) is 25.4 Å². The number of carbonyl (C=O) groups excluding carboxylic acids is 1. The molecule has 0 bridgehead atoms. The highest BCUT2D eigenvalue weighted by atomic mass is 16.2. The van der Waals surface area contributed by atoms with E-state index in [1.807, 2.05) is 71.5 Å². The van der Waals surface area contributed by atoms with Crippen LogP contribution in [0, 0.1) is 0 Å². The molecule has 0 fully saturated rings. The number of amides is 1. The van der Waals surface area contributed by atoms with Crippen LogP contribution in [0.25, 0.3) is 10.8 Å². The van der Waals surface area contributed by atoms with Gasteiger partial charge in [0.25, 0.3) is 0 Å². The number of aryl methyl sites for hydroxylation is 1. The molecule has 1 heterocycles. The van der Waals surface area contributed by atoms with E-state index in [4.69, 9.17) is 0 Å². The van der Waals surface area contributed by atoms with Crippen molar-refractivity contribution in [1.29, 1.82) is 0 Å². The van der Waals surface area contributed by atoms with E-state index < -0.39 is 0 Å². The Kier molecular flexibility index (Phi) is 4.91. The molecule has 0 radical (unpaired) electrons. The smallest absolute Gasteiger partial charge is 0.238 e. The van der Waals surface area contributed by atoms with Crippen molar-refractivity contribution in [1.82, 2.24) is 14.7 Å². The van der Waals surface area contributed by atoms with Crippen LogP contribution in [0.1, 0.15) is 12.5 Å². The summed E-state index contributed by atoms with van der Waals surface area (Å²) in [5.41, 5.74) is 1.96. The predicted molar refractivity (Wildman–Crippen MR) is 96.8 cm³/mol. The molecule has 1 amide bonds. The number of fused-ring (bicyclic) bond motifs is 1. The molecule has 3 rings (SSSR count). The molecule has 0 unspecified atom stereocenters. The Labute approximate surface area is 141 Å². The molecule has 1 N–H and O–H groups in total. The van der Waals surface area contributed by atoms with Gasteiger partial charge in [-0.2, -0.15) is 5.10 Å². The molecule has 1 aromatic heterocycles. The number of hydrogen-bond donors (Lipinski definition) is 1. The number of hydrogen-bond acceptors (Lipinski definition) is 3. The largest absolute Gasteiger partial charge is 0.324 e. The molecule has 5 heteroatoms. The summed E-state index contributed by atoms with van der Waals surface area (Å²) in [6, 6.07) is 14.0. The quantitative estimate of drug-likeness (QED) is 0.758. The van der Waals surface area contributed by atoms with E-state index in [9.17, 15) is 4.79 Å². The first-order valence-electron chi connectivity index (χ1n) is 8.13. The molecule has 0 aliphatic carbocycles. The van der Waals surface area contributed by atoms with Gasteiger partial charge < -0.3 is 5.32 Å².